The molecule has 2 aliphatic heterocycles. The lowest BCUT2D eigenvalue weighted by atomic mass is 10.1. The molecule has 0 saturated carbocycles. The molecule has 9 heteroatoms. The Hall–Kier alpha value is -1.80. The number of benzene rings is 1. The number of alkyl halides is 2. The molecule has 1 aromatic rings. The number of hydrogen-bond acceptors (Lipinski definition) is 3. The summed E-state index contributed by atoms with van der Waals surface area (Å²) in [6.07, 6.45) is -0.250. The minimum Gasteiger partial charge on any atom is -0.343 e. The van der Waals surface area contributed by atoms with Gasteiger partial charge in [-0.25, -0.2) is 13.2 Å². The maximum absolute atomic E-state index is 13.2. The van der Waals surface area contributed by atoms with Gasteiger partial charge in [0.2, 0.25) is 11.8 Å². The molecule has 2 fully saturated rings. The van der Waals surface area contributed by atoms with E-state index >= 15 is 0 Å². The van der Waals surface area contributed by atoms with Crippen molar-refractivity contribution in [2.45, 2.75) is 30.8 Å². The fourth-order valence-electron chi connectivity index (χ4n) is 2.90. The fraction of sp³-hybridized carbons (Fsp3) is 0.467. The van der Waals surface area contributed by atoms with Crippen molar-refractivity contribution in [3.63, 3.8) is 0 Å². The maximum Gasteiger partial charge on any atom is 0.262 e. The van der Waals surface area contributed by atoms with Crippen LogP contribution in [-0.4, -0.2) is 42.9 Å². The molecule has 2 atom stereocenters. The van der Waals surface area contributed by atoms with Crippen molar-refractivity contribution in [3.8, 4) is 0 Å². The summed E-state index contributed by atoms with van der Waals surface area (Å²) in [5.74, 6) is -4.51. The second-order valence-electron chi connectivity index (χ2n) is 5.93. The summed E-state index contributed by atoms with van der Waals surface area (Å²) < 4.78 is 39.5. The quantitative estimate of drug-likeness (QED) is 0.861. The number of carbonyl (C=O) groups is 2. The number of halogens is 4. The van der Waals surface area contributed by atoms with Crippen LogP contribution >= 0.6 is 11.6 Å². The molecule has 130 valence electrons. The van der Waals surface area contributed by atoms with Crippen LogP contribution in [0.3, 0.4) is 0 Å². The Bertz CT molecular complexity index is 686. The number of anilines is 1. The number of hydrogen-bond donors (Lipinski definition) is 2. The van der Waals surface area contributed by atoms with Crippen molar-refractivity contribution < 1.29 is 22.8 Å². The van der Waals surface area contributed by atoms with Gasteiger partial charge in [-0.15, -0.1) is 0 Å². The Labute approximate surface area is 141 Å². The van der Waals surface area contributed by atoms with Crippen molar-refractivity contribution in [2.75, 3.05) is 18.0 Å². The Kier molecular flexibility index (Phi) is 4.44. The van der Waals surface area contributed by atoms with E-state index in [0.717, 1.165) is 6.07 Å². The molecule has 2 saturated heterocycles. The molecular formula is C15H15ClF3N3O2. The van der Waals surface area contributed by atoms with E-state index in [0.29, 0.717) is 18.7 Å². The summed E-state index contributed by atoms with van der Waals surface area (Å²) in [5, 5.41) is 4.84. The lowest BCUT2D eigenvalue weighted by molar-refractivity contribution is -0.127. The molecule has 1 aromatic carbocycles. The molecule has 2 amide bonds. The summed E-state index contributed by atoms with van der Waals surface area (Å²) in [6, 6.07) is 2.10. The third-order valence-corrected chi connectivity index (χ3v) is 4.45. The molecule has 2 N–H and O–H groups in total. The van der Waals surface area contributed by atoms with E-state index in [4.69, 9.17) is 11.6 Å². The average Bonchev–Trinajstić information content (AvgIpc) is 3.06. The highest BCUT2D eigenvalue weighted by Crippen LogP contribution is 2.27. The standard InChI is InChI=1S/C15H15ClF3N3O2/c16-9-5-8(1-2-10(9)17)22-4-3-11(14(22)24)21-13(23)12-6-15(18,19)7-20-12/h1-2,5,11-12,20H,3-4,6-7H2,(H,21,23). The van der Waals surface area contributed by atoms with E-state index < -0.39 is 42.7 Å². The number of carbonyl (C=O) groups excluding carboxylic acids is 2. The summed E-state index contributed by atoms with van der Waals surface area (Å²) in [7, 11) is 0. The molecule has 24 heavy (non-hydrogen) atoms. The van der Waals surface area contributed by atoms with Crippen LogP contribution in [0.15, 0.2) is 18.2 Å². The van der Waals surface area contributed by atoms with Crippen molar-refractivity contribution in [3.05, 3.63) is 29.0 Å². The molecule has 2 heterocycles. The predicted molar refractivity (Wildman–Crippen MR) is 81.7 cm³/mol. The van der Waals surface area contributed by atoms with Crippen LogP contribution in [0.4, 0.5) is 18.9 Å². The van der Waals surface area contributed by atoms with Gasteiger partial charge in [-0.05, 0) is 24.6 Å². The van der Waals surface area contributed by atoms with Gasteiger partial charge in [0.05, 0.1) is 17.6 Å². The van der Waals surface area contributed by atoms with E-state index in [9.17, 15) is 22.8 Å². The monoisotopic (exact) mass is 361 g/mol. The summed E-state index contributed by atoms with van der Waals surface area (Å²) in [4.78, 5) is 25.8. The van der Waals surface area contributed by atoms with Gasteiger partial charge < -0.3 is 10.2 Å². The molecule has 0 spiro atoms. The van der Waals surface area contributed by atoms with Gasteiger partial charge in [0.1, 0.15) is 11.9 Å². The molecule has 2 unspecified atom stereocenters. The highest BCUT2D eigenvalue weighted by atomic mass is 35.5. The zero-order valence-corrected chi connectivity index (χ0v) is 13.2. The van der Waals surface area contributed by atoms with Gasteiger partial charge in [-0.2, -0.15) is 0 Å². The smallest absolute Gasteiger partial charge is 0.262 e. The Balaban J connectivity index is 1.64. The van der Waals surface area contributed by atoms with Crippen LogP contribution in [0.1, 0.15) is 12.8 Å². The number of nitrogens with one attached hydrogen (secondary N) is 2. The maximum atomic E-state index is 13.2. The van der Waals surface area contributed by atoms with Crippen LogP contribution in [-0.2, 0) is 9.59 Å². The normalized spacial score (nSPS) is 26.0. The van der Waals surface area contributed by atoms with Crippen molar-refractivity contribution in [1.82, 2.24) is 10.6 Å². The third-order valence-electron chi connectivity index (χ3n) is 4.16. The van der Waals surface area contributed by atoms with Gasteiger partial charge in [0, 0.05) is 18.7 Å². The molecule has 0 aromatic heterocycles. The Morgan fingerprint density at radius 1 is 1.42 bits per heavy atom. The average molecular weight is 362 g/mol. The number of nitrogens with zero attached hydrogens (tertiary/aromatic N) is 1. The van der Waals surface area contributed by atoms with E-state index in [-0.39, 0.29) is 10.9 Å². The third kappa shape index (κ3) is 3.34. The Morgan fingerprint density at radius 3 is 2.79 bits per heavy atom. The molecular weight excluding hydrogens is 347 g/mol. The van der Waals surface area contributed by atoms with Crippen molar-refractivity contribution in [1.29, 1.82) is 0 Å². The first-order valence-corrected chi connectivity index (χ1v) is 7.83. The first-order valence-electron chi connectivity index (χ1n) is 7.45. The SMILES string of the molecule is O=C(NC1CCN(c2ccc(F)c(Cl)c2)C1=O)C1CC(F)(F)CN1. The van der Waals surface area contributed by atoms with Gasteiger partial charge in [-0.3, -0.25) is 14.9 Å². The summed E-state index contributed by atoms with van der Waals surface area (Å²) >= 11 is 5.71. The van der Waals surface area contributed by atoms with Gasteiger partial charge in [0.15, 0.2) is 0 Å². The minimum absolute atomic E-state index is 0.106. The lowest BCUT2D eigenvalue weighted by Gasteiger charge is -2.18. The van der Waals surface area contributed by atoms with E-state index in [1.165, 1.54) is 17.0 Å². The van der Waals surface area contributed by atoms with Crippen LogP contribution < -0.4 is 15.5 Å². The molecule has 0 radical (unpaired) electrons. The largest absolute Gasteiger partial charge is 0.343 e. The second kappa shape index (κ2) is 6.25. The van der Waals surface area contributed by atoms with E-state index in [1.54, 1.807) is 0 Å². The number of amides is 2. The van der Waals surface area contributed by atoms with Crippen LogP contribution in [0, 0.1) is 5.82 Å². The zero-order valence-electron chi connectivity index (χ0n) is 12.5. The van der Waals surface area contributed by atoms with Crippen molar-refractivity contribution in [2.24, 2.45) is 0 Å². The topological polar surface area (TPSA) is 61.4 Å². The van der Waals surface area contributed by atoms with Crippen molar-refractivity contribution >= 4 is 29.1 Å². The molecule has 0 aliphatic carbocycles. The van der Waals surface area contributed by atoms with Gasteiger partial charge in [0.25, 0.3) is 5.92 Å². The highest BCUT2D eigenvalue weighted by Gasteiger charge is 2.43. The second-order valence-corrected chi connectivity index (χ2v) is 6.34. The van der Waals surface area contributed by atoms with Gasteiger partial charge >= 0.3 is 0 Å². The first kappa shape index (κ1) is 17.0. The number of rotatable bonds is 3. The summed E-state index contributed by atoms with van der Waals surface area (Å²) in [5.41, 5.74) is 0.425. The summed E-state index contributed by atoms with van der Waals surface area (Å²) in [6.45, 7) is -0.232. The lowest BCUT2D eigenvalue weighted by Crippen LogP contribution is -2.48. The van der Waals surface area contributed by atoms with Gasteiger partial charge in [-0.1, -0.05) is 11.6 Å². The van der Waals surface area contributed by atoms with Crippen LogP contribution in [0.5, 0.6) is 0 Å². The minimum atomic E-state index is -2.92. The molecule has 2 aliphatic rings. The Morgan fingerprint density at radius 2 is 2.17 bits per heavy atom. The highest BCUT2D eigenvalue weighted by molar-refractivity contribution is 6.31. The first-order chi connectivity index (χ1) is 11.3. The predicted octanol–water partition coefficient (Wildman–Crippen LogP) is 1.70. The molecule has 3 rings (SSSR count). The molecule has 0 bridgehead atoms. The molecule has 5 nitrogen and oxygen atoms in total. The van der Waals surface area contributed by atoms with Crippen LogP contribution in [0.25, 0.3) is 0 Å². The zero-order chi connectivity index (χ0) is 17.5. The van der Waals surface area contributed by atoms with E-state index in [1.807, 2.05) is 0 Å². The van der Waals surface area contributed by atoms with Crippen LogP contribution in [0.2, 0.25) is 5.02 Å². The fourth-order valence-corrected chi connectivity index (χ4v) is 3.07. The van der Waals surface area contributed by atoms with E-state index in [2.05, 4.69) is 10.6 Å².